The van der Waals surface area contributed by atoms with E-state index in [1.807, 2.05) is 37.4 Å². The monoisotopic (exact) mass is 539 g/mol. The van der Waals surface area contributed by atoms with Crippen LogP contribution in [0.5, 0.6) is 5.75 Å². The fourth-order valence-electron chi connectivity index (χ4n) is 5.10. The molecule has 1 aliphatic rings. The second-order valence-corrected chi connectivity index (χ2v) is 10.7. The molecule has 4 rings (SSSR count). The van der Waals surface area contributed by atoms with E-state index in [9.17, 15) is 9.90 Å². The van der Waals surface area contributed by atoms with Gasteiger partial charge in [-0.15, -0.1) is 0 Å². The number of benzene rings is 2. The van der Waals surface area contributed by atoms with E-state index in [1.165, 1.54) is 6.42 Å². The molecule has 5 nitrogen and oxygen atoms in total. The smallest absolute Gasteiger partial charge is 0.223 e. The molecule has 2 aromatic carbocycles. The molecule has 0 radical (unpaired) electrons. The highest BCUT2D eigenvalue weighted by Crippen LogP contribution is 2.33. The molecular weight excluding hydrogens is 505 g/mol. The molecule has 1 aliphatic carbocycles. The van der Waals surface area contributed by atoms with E-state index in [-0.39, 0.29) is 23.6 Å². The van der Waals surface area contributed by atoms with Crippen molar-refractivity contribution in [1.29, 1.82) is 0 Å². The van der Waals surface area contributed by atoms with Crippen LogP contribution in [0.4, 0.5) is 0 Å². The maximum absolute atomic E-state index is 13.5. The Hall–Kier alpha value is -2.76. The fraction of sp³-hybridized carbons (Fsp3) is 0.400. The van der Waals surface area contributed by atoms with Crippen LogP contribution in [0.15, 0.2) is 60.8 Å². The molecule has 1 atom stereocenters. The highest BCUT2D eigenvalue weighted by molar-refractivity contribution is 6.36. The summed E-state index contributed by atoms with van der Waals surface area (Å²) < 4.78 is 2.07. The predicted molar refractivity (Wildman–Crippen MR) is 151 cm³/mol. The minimum atomic E-state index is -0.342. The number of amides is 1. The molecule has 1 aromatic heterocycles. The molecule has 37 heavy (non-hydrogen) atoms. The van der Waals surface area contributed by atoms with Gasteiger partial charge >= 0.3 is 0 Å². The standard InChI is InChI=1S/C30H35Cl2N3O2/c1-3-5-16-35-19-28(25-15-12-23(31)18-26(25)32)33-29(35)27(17-21-8-13-24(36)14-9-21)34-30(37)22-10-6-20(4-2)7-11-22/h3,5,8-9,12-15,18-20,22,27,36H,4,6-7,10-11,16-17H2,1-2H3,(H,34,37)/b5-3+/t20?,22?,27-/m0/s1. The zero-order valence-electron chi connectivity index (χ0n) is 21.5. The molecule has 7 heteroatoms. The lowest BCUT2D eigenvalue weighted by Crippen LogP contribution is -2.37. The lowest BCUT2D eigenvalue weighted by Gasteiger charge is -2.29. The van der Waals surface area contributed by atoms with Crippen LogP contribution in [0.25, 0.3) is 11.3 Å². The van der Waals surface area contributed by atoms with Crippen LogP contribution >= 0.6 is 23.2 Å². The first kappa shape index (κ1) is 27.3. The lowest BCUT2D eigenvalue weighted by atomic mass is 9.80. The number of aromatic hydroxyl groups is 1. The molecule has 3 aromatic rings. The summed E-state index contributed by atoms with van der Waals surface area (Å²) in [5, 5.41) is 14.2. The summed E-state index contributed by atoms with van der Waals surface area (Å²) in [5.41, 5.74) is 2.53. The highest BCUT2D eigenvalue weighted by atomic mass is 35.5. The normalized spacial score (nSPS) is 18.7. The minimum Gasteiger partial charge on any atom is -0.508 e. The van der Waals surface area contributed by atoms with Gasteiger partial charge in [0.1, 0.15) is 11.6 Å². The van der Waals surface area contributed by atoms with Gasteiger partial charge in [-0.05, 0) is 80.8 Å². The Bertz CT molecular complexity index is 1230. The summed E-state index contributed by atoms with van der Waals surface area (Å²) in [5.74, 6) is 1.82. The topological polar surface area (TPSA) is 67.2 Å². The maximum atomic E-state index is 13.5. The number of hydrogen-bond acceptors (Lipinski definition) is 3. The number of carbonyl (C=O) groups excluding carboxylic acids is 1. The lowest BCUT2D eigenvalue weighted by molar-refractivity contribution is -0.127. The second kappa shape index (κ2) is 12.7. The Kier molecular flexibility index (Phi) is 9.33. The van der Waals surface area contributed by atoms with E-state index in [1.54, 1.807) is 24.3 Å². The van der Waals surface area contributed by atoms with Crippen LogP contribution < -0.4 is 5.32 Å². The first-order valence-corrected chi connectivity index (χ1v) is 13.9. The zero-order chi connectivity index (χ0) is 26.4. The van der Waals surface area contributed by atoms with Crippen molar-refractivity contribution in [2.75, 3.05) is 0 Å². The molecule has 1 fully saturated rings. The highest BCUT2D eigenvalue weighted by Gasteiger charge is 2.29. The summed E-state index contributed by atoms with van der Waals surface area (Å²) in [4.78, 5) is 18.5. The number of nitrogens with one attached hydrogen (secondary N) is 1. The van der Waals surface area contributed by atoms with Crippen LogP contribution in [-0.4, -0.2) is 20.6 Å². The van der Waals surface area contributed by atoms with Gasteiger partial charge < -0.3 is 15.0 Å². The average molecular weight is 541 g/mol. The Morgan fingerprint density at radius 3 is 2.54 bits per heavy atom. The number of phenolic OH excluding ortho intramolecular Hbond substituents is 1. The molecule has 1 saturated carbocycles. The predicted octanol–water partition coefficient (Wildman–Crippen LogP) is 7.76. The SMILES string of the molecule is C/C=C/Cn1cc(-c2ccc(Cl)cc2Cl)nc1[C@H](Cc1ccc(O)cc1)NC(=O)C1CCC(CC)CC1. The number of halogens is 2. The van der Waals surface area contributed by atoms with Gasteiger partial charge in [0.05, 0.1) is 16.8 Å². The van der Waals surface area contributed by atoms with Gasteiger partial charge in [-0.3, -0.25) is 4.79 Å². The number of hydrogen-bond donors (Lipinski definition) is 2. The molecule has 0 spiro atoms. The van der Waals surface area contributed by atoms with Crippen molar-refractivity contribution in [3.8, 4) is 17.0 Å². The van der Waals surface area contributed by atoms with Crippen LogP contribution in [-0.2, 0) is 17.8 Å². The van der Waals surface area contributed by atoms with Crippen LogP contribution in [0.3, 0.4) is 0 Å². The van der Waals surface area contributed by atoms with E-state index >= 15 is 0 Å². The van der Waals surface area contributed by atoms with E-state index in [0.717, 1.165) is 54.2 Å². The summed E-state index contributed by atoms with van der Waals surface area (Å²) >= 11 is 12.6. The van der Waals surface area contributed by atoms with Crippen molar-refractivity contribution in [1.82, 2.24) is 14.9 Å². The van der Waals surface area contributed by atoms with E-state index in [4.69, 9.17) is 28.2 Å². The van der Waals surface area contributed by atoms with Gasteiger partial charge in [-0.2, -0.15) is 0 Å². The van der Waals surface area contributed by atoms with Crippen molar-refractivity contribution in [3.63, 3.8) is 0 Å². The molecule has 0 aliphatic heterocycles. The second-order valence-electron chi connectivity index (χ2n) is 9.89. The van der Waals surface area contributed by atoms with Crippen molar-refractivity contribution < 1.29 is 9.90 Å². The largest absolute Gasteiger partial charge is 0.508 e. The third-order valence-electron chi connectivity index (χ3n) is 7.35. The quantitative estimate of drug-likeness (QED) is 0.273. The zero-order valence-corrected chi connectivity index (χ0v) is 23.0. The van der Waals surface area contributed by atoms with Crippen LogP contribution in [0.1, 0.15) is 63.4 Å². The Balaban J connectivity index is 1.68. The number of nitrogens with zero attached hydrogens (tertiary/aromatic N) is 2. The Labute approximate surface area is 229 Å². The van der Waals surface area contributed by atoms with Gasteiger partial charge in [0.25, 0.3) is 0 Å². The average Bonchev–Trinajstić information content (AvgIpc) is 3.32. The third kappa shape index (κ3) is 6.97. The third-order valence-corrected chi connectivity index (χ3v) is 7.90. The first-order chi connectivity index (χ1) is 17.9. The number of carbonyl (C=O) groups is 1. The molecular formula is C30H35Cl2N3O2. The molecule has 0 bridgehead atoms. The van der Waals surface area contributed by atoms with Crippen LogP contribution in [0, 0.1) is 11.8 Å². The number of aromatic nitrogens is 2. The van der Waals surface area contributed by atoms with E-state index < -0.39 is 0 Å². The molecule has 1 heterocycles. The number of allylic oxidation sites excluding steroid dienone is 2. The molecule has 2 N–H and O–H groups in total. The van der Waals surface area contributed by atoms with E-state index in [2.05, 4.69) is 22.9 Å². The molecule has 0 unspecified atom stereocenters. The van der Waals surface area contributed by atoms with Gasteiger partial charge in [0.15, 0.2) is 0 Å². The van der Waals surface area contributed by atoms with Crippen molar-refractivity contribution in [2.45, 2.75) is 65.0 Å². The number of rotatable bonds is 9. The van der Waals surface area contributed by atoms with Crippen molar-refractivity contribution >= 4 is 29.1 Å². The maximum Gasteiger partial charge on any atom is 0.223 e. The molecule has 1 amide bonds. The first-order valence-electron chi connectivity index (χ1n) is 13.1. The van der Waals surface area contributed by atoms with Gasteiger partial charge in [-0.25, -0.2) is 4.98 Å². The van der Waals surface area contributed by atoms with Gasteiger partial charge in [0, 0.05) is 29.2 Å². The van der Waals surface area contributed by atoms with Crippen LogP contribution in [0.2, 0.25) is 10.0 Å². The number of imidazole rings is 1. The summed E-state index contributed by atoms with van der Waals surface area (Å²) in [6.45, 7) is 4.83. The van der Waals surface area contributed by atoms with E-state index in [0.29, 0.717) is 23.0 Å². The Morgan fingerprint density at radius 2 is 1.89 bits per heavy atom. The van der Waals surface area contributed by atoms with Crippen molar-refractivity contribution in [2.24, 2.45) is 11.8 Å². The summed E-state index contributed by atoms with van der Waals surface area (Å²) in [7, 11) is 0. The summed E-state index contributed by atoms with van der Waals surface area (Å²) in [6.07, 6.45) is 11.8. The fourth-order valence-corrected chi connectivity index (χ4v) is 5.60. The van der Waals surface area contributed by atoms with Gasteiger partial charge in [0.2, 0.25) is 5.91 Å². The minimum absolute atomic E-state index is 0.0225. The van der Waals surface area contributed by atoms with Gasteiger partial charge in [-0.1, -0.05) is 60.8 Å². The van der Waals surface area contributed by atoms with Crippen molar-refractivity contribution in [3.05, 3.63) is 82.2 Å². The molecule has 196 valence electrons. The number of phenols is 1. The molecule has 0 saturated heterocycles. The summed E-state index contributed by atoms with van der Waals surface area (Å²) in [6, 6.07) is 12.2. The Morgan fingerprint density at radius 1 is 1.16 bits per heavy atom.